The largest absolute Gasteiger partial charge is 0.298 e. The average molecular weight is 395 g/mol. The molecule has 0 N–H and O–H groups in total. The summed E-state index contributed by atoms with van der Waals surface area (Å²) >= 11 is 3.35. The lowest BCUT2D eigenvalue weighted by molar-refractivity contribution is -0.00381. The monoisotopic (exact) mass is 394 g/mol. The molecule has 24 heavy (non-hydrogen) atoms. The van der Waals surface area contributed by atoms with Crippen molar-refractivity contribution in [3.63, 3.8) is 0 Å². The molecule has 3 fully saturated rings. The van der Waals surface area contributed by atoms with E-state index in [1.807, 2.05) is 12.1 Å². The summed E-state index contributed by atoms with van der Waals surface area (Å²) in [6.45, 7) is 4.62. The Morgan fingerprint density at radius 3 is 2.62 bits per heavy atom. The maximum Gasteiger partial charge on any atom is 0.137 e. The first-order valence-corrected chi connectivity index (χ1v) is 10.4. The molecule has 4 rings (SSSR count). The Labute approximate surface area is 153 Å². The molecule has 2 aliphatic heterocycles. The van der Waals surface area contributed by atoms with E-state index in [4.69, 9.17) is 0 Å². The predicted molar refractivity (Wildman–Crippen MR) is 99.5 cm³/mol. The van der Waals surface area contributed by atoms with Gasteiger partial charge in [-0.3, -0.25) is 9.80 Å². The average Bonchev–Trinajstić information content (AvgIpc) is 3.07. The summed E-state index contributed by atoms with van der Waals surface area (Å²) in [6, 6.07) is 6.98. The Hall–Kier alpha value is -0.450. The minimum atomic E-state index is -0.164. The van der Waals surface area contributed by atoms with Crippen molar-refractivity contribution in [3.05, 3.63) is 34.1 Å². The molecule has 3 aliphatic rings. The van der Waals surface area contributed by atoms with Crippen molar-refractivity contribution < 1.29 is 4.39 Å². The second-order valence-corrected chi connectivity index (χ2v) is 8.71. The van der Waals surface area contributed by atoms with Gasteiger partial charge in [0.15, 0.2) is 0 Å². The normalized spacial score (nSPS) is 29.8. The zero-order valence-corrected chi connectivity index (χ0v) is 16.0. The highest BCUT2D eigenvalue weighted by Gasteiger charge is 2.42. The SMILES string of the molecule is Fc1ccc(CN2CCN3CCCC3C2C2CCCCC2)cc1Br. The summed E-state index contributed by atoms with van der Waals surface area (Å²) < 4.78 is 14.1. The van der Waals surface area contributed by atoms with Crippen LogP contribution in [0.1, 0.15) is 50.5 Å². The highest BCUT2D eigenvalue weighted by molar-refractivity contribution is 9.10. The summed E-state index contributed by atoms with van der Waals surface area (Å²) in [7, 11) is 0. The zero-order valence-electron chi connectivity index (χ0n) is 14.4. The summed E-state index contributed by atoms with van der Waals surface area (Å²) in [4.78, 5) is 5.47. The molecular weight excluding hydrogens is 367 g/mol. The van der Waals surface area contributed by atoms with Gasteiger partial charge in [-0.2, -0.15) is 0 Å². The van der Waals surface area contributed by atoms with Crippen LogP contribution in [0.3, 0.4) is 0 Å². The van der Waals surface area contributed by atoms with Gasteiger partial charge in [0.1, 0.15) is 5.82 Å². The van der Waals surface area contributed by atoms with E-state index in [2.05, 4.69) is 25.7 Å². The van der Waals surface area contributed by atoms with Gasteiger partial charge in [-0.25, -0.2) is 4.39 Å². The maximum atomic E-state index is 13.6. The Morgan fingerprint density at radius 2 is 1.83 bits per heavy atom. The van der Waals surface area contributed by atoms with Crippen LogP contribution in [0.5, 0.6) is 0 Å². The molecule has 0 radical (unpaired) electrons. The Balaban J connectivity index is 1.55. The van der Waals surface area contributed by atoms with E-state index in [1.54, 1.807) is 6.07 Å². The second kappa shape index (κ2) is 7.43. The smallest absolute Gasteiger partial charge is 0.137 e. The number of hydrogen-bond acceptors (Lipinski definition) is 2. The van der Waals surface area contributed by atoms with Gasteiger partial charge in [-0.1, -0.05) is 25.3 Å². The molecule has 4 heteroatoms. The molecule has 132 valence electrons. The molecule has 0 spiro atoms. The molecule has 1 aromatic rings. The third-order valence-electron chi connectivity index (χ3n) is 6.41. The van der Waals surface area contributed by atoms with E-state index >= 15 is 0 Å². The minimum absolute atomic E-state index is 0.164. The van der Waals surface area contributed by atoms with Crippen molar-refractivity contribution in [2.75, 3.05) is 19.6 Å². The van der Waals surface area contributed by atoms with Crippen molar-refractivity contribution in [2.24, 2.45) is 5.92 Å². The van der Waals surface area contributed by atoms with Crippen LogP contribution in [-0.4, -0.2) is 41.5 Å². The van der Waals surface area contributed by atoms with Gasteiger partial charge in [0, 0.05) is 31.7 Å². The topological polar surface area (TPSA) is 6.48 Å². The summed E-state index contributed by atoms with van der Waals surface area (Å²) in [5, 5.41) is 0. The van der Waals surface area contributed by atoms with Gasteiger partial charge < -0.3 is 0 Å². The molecular formula is C20H28BrFN2. The van der Waals surface area contributed by atoms with Crippen molar-refractivity contribution >= 4 is 15.9 Å². The number of hydrogen-bond donors (Lipinski definition) is 0. The van der Waals surface area contributed by atoms with E-state index in [0.717, 1.165) is 25.0 Å². The molecule has 1 saturated carbocycles. The Morgan fingerprint density at radius 1 is 1.00 bits per heavy atom. The van der Waals surface area contributed by atoms with Crippen LogP contribution in [0.4, 0.5) is 4.39 Å². The molecule has 1 aliphatic carbocycles. The lowest BCUT2D eigenvalue weighted by atomic mass is 9.78. The number of rotatable bonds is 3. The summed E-state index contributed by atoms with van der Waals surface area (Å²) in [6.07, 6.45) is 9.77. The first-order valence-electron chi connectivity index (χ1n) is 9.64. The fraction of sp³-hybridized carbons (Fsp3) is 0.700. The Bertz CT molecular complexity index is 573. The summed E-state index contributed by atoms with van der Waals surface area (Å²) in [5.74, 6) is 0.691. The summed E-state index contributed by atoms with van der Waals surface area (Å²) in [5.41, 5.74) is 1.23. The zero-order chi connectivity index (χ0) is 16.5. The third kappa shape index (κ3) is 3.42. The first-order chi connectivity index (χ1) is 11.7. The van der Waals surface area contributed by atoms with Crippen molar-refractivity contribution in [1.29, 1.82) is 0 Å². The van der Waals surface area contributed by atoms with E-state index < -0.39 is 0 Å². The van der Waals surface area contributed by atoms with E-state index in [9.17, 15) is 4.39 Å². The van der Waals surface area contributed by atoms with Crippen LogP contribution in [0, 0.1) is 11.7 Å². The lowest BCUT2D eigenvalue weighted by Crippen LogP contribution is -2.59. The Kier molecular flexibility index (Phi) is 5.26. The third-order valence-corrected chi connectivity index (χ3v) is 7.01. The van der Waals surface area contributed by atoms with Crippen molar-refractivity contribution in [2.45, 2.75) is 63.6 Å². The quantitative estimate of drug-likeness (QED) is 0.724. The highest BCUT2D eigenvalue weighted by Crippen LogP contribution is 2.38. The van der Waals surface area contributed by atoms with Crippen LogP contribution in [0.25, 0.3) is 0 Å². The van der Waals surface area contributed by atoms with Gasteiger partial charge in [-0.15, -0.1) is 0 Å². The van der Waals surface area contributed by atoms with E-state index in [-0.39, 0.29) is 5.82 Å². The van der Waals surface area contributed by atoms with E-state index in [0.29, 0.717) is 10.5 Å². The molecule has 2 heterocycles. The van der Waals surface area contributed by atoms with Crippen molar-refractivity contribution in [3.8, 4) is 0 Å². The standard InChI is InChI=1S/C20H28BrFN2/c21-17-13-15(8-9-18(17)22)14-24-12-11-23-10-4-7-19(23)20(24)16-5-2-1-3-6-16/h8-9,13,16,19-20H,1-7,10-12,14H2. The molecule has 2 saturated heterocycles. The number of fused-ring (bicyclic) bond motifs is 1. The first kappa shape index (κ1) is 17.0. The fourth-order valence-corrected chi connectivity index (χ4v) is 5.74. The van der Waals surface area contributed by atoms with Gasteiger partial charge in [0.25, 0.3) is 0 Å². The van der Waals surface area contributed by atoms with Crippen LogP contribution < -0.4 is 0 Å². The maximum absolute atomic E-state index is 13.6. The molecule has 0 amide bonds. The van der Waals surface area contributed by atoms with Gasteiger partial charge >= 0.3 is 0 Å². The molecule has 0 bridgehead atoms. The van der Waals surface area contributed by atoms with Gasteiger partial charge in [0.2, 0.25) is 0 Å². The van der Waals surface area contributed by atoms with Crippen molar-refractivity contribution in [1.82, 2.24) is 9.80 Å². The highest BCUT2D eigenvalue weighted by atomic mass is 79.9. The minimum Gasteiger partial charge on any atom is -0.298 e. The molecule has 1 aromatic carbocycles. The number of halogens is 2. The second-order valence-electron chi connectivity index (χ2n) is 7.85. The van der Waals surface area contributed by atoms with Gasteiger partial charge in [-0.05, 0) is 71.8 Å². The lowest BCUT2D eigenvalue weighted by Gasteiger charge is -2.49. The van der Waals surface area contributed by atoms with Gasteiger partial charge in [0.05, 0.1) is 4.47 Å². The molecule has 2 unspecified atom stereocenters. The van der Waals surface area contributed by atoms with Crippen LogP contribution in [-0.2, 0) is 6.54 Å². The predicted octanol–water partition coefficient (Wildman–Crippen LogP) is 4.82. The fourth-order valence-electron chi connectivity index (χ4n) is 5.31. The number of piperazine rings is 1. The number of benzene rings is 1. The molecule has 2 nitrogen and oxygen atoms in total. The molecule has 0 aromatic heterocycles. The number of nitrogens with zero attached hydrogens (tertiary/aromatic N) is 2. The van der Waals surface area contributed by atoms with Crippen LogP contribution >= 0.6 is 15.9 Å². The van der Waals surface area contributed by atoms with E-state index in [1.165, 1.54) is 63.6 Å². The van der Waals surface area contributed by atoms with Crippen LogP contribution in [0.2, 0.25) is 0 Å². The molecule has 2 atom stereocenters. The van der Waals surface area contributed by atoms with Crippen LogP contribution in [0.15, 0.2) is 22.7 Å².